The molecule has 10 nitrogen and oxygen atoms in total. The molecule has 1 aliphatic heterocycles. The van der Waals surface area contributed by atoms with Crippen LogP contribution in [0.2, 0.25) is 0 Å². The largest absolute Gasteiger partial charge is 0.509 e. The number of nitrogens with one attached hydrogen (secondary N) is 1. The number of ether oxygens (including phenoxy) is 1. The quantitative estimate of drug-likeness (QED) is 0.116. The van der Waals surface area contributed by atoms with Gasteiger partial charge < -0.3 is 20.9 Å². The molecular weight excluding hydrogens is 606 g/mol. The Bertz CT molecular complexity index is 1870. The van der Waals surface area contributed by atoms with Gasteiger partial charge in [-0.25, -0.2) is 4.79 Å². The first kappa shape index (κ1) is 32.6. The minimum Gasteiger partial charge on any atom is -0.509 e. The summed E-state index contributed by atoms with van der Waals surface area (Å²) in [4.78, 5) is 28.4. The predicted octanol–water partition coefficient (Wildman–Crippen LogP) is 6.20. The van der Waals surface area contributed by atoms with Crippen LogP contribution < -0.4 is 11.1 Å². The minimum absolute atomic E-state index is 0.0509. The summed E-state index contributed by atoms with van der Waals surface area (Å²) in [6.07, 6.45) is 6.47. The smallest absolute Gasteiger partial charge is 0.358 e. The zero-order valence-electron chi connectivity index (χ0n) is 25.4. The van der Waals surface area contributed by atoms with Crippen molar-refractivity contribution in [2.24, 2.45) is 17.6 Å². The van der Waals surface area contributed by atoms with Gasteiger partial charge >= 0.3 is 5.97 Å². The van der Waals surface area contributed by atoms with Gasteiger partial charge in [-0.1, -0.05) is 67.9 Å². The van der Waals surface area contributed by atoms with Gasteiger partial charge in [0.15, 0.2) is 5.70 Å². The maximum absolute atomic E-state index is 13.1. The number of carbonyl (C=O) groups excluding carboxylic acids is 2. The van der Waals surface area contributed by atoms with E-state index in [1.807, 2.05) is 18.2 Å². The van der Waals surface area contributed by atoms with E-state index in [0.29, 0.717) is 35.4 Å². The molecule has 0 radical (unpaired) electrons. The maximum atomic E-state index is 13.1. The lowest BCUT2D eigenvalue weighted by atomic mass is 9.73. The molecule has 1 amide bonds. The number of aromatic nitrogens is 1. The van der Waals surface area contributed by atoms with Gasteiger partial charge in [0.2, 0.25) is 5.91 Å². The number of carbonyl (C=O) groups is 2. The molecule has 11 heteroatoms. The molecule has 0 spiro atoms. The number of cyclic esters (lactones) is 1. The molecule has 0 bridgehead atoms. The Labute approximate surface area is 268 Å². The number of hydrogen-bond acceptors (Lipinski definition) is 8. The fraction of sp³-hybridized carbons (Fsp3) is 0.286. The van der Waals surface area contributed by atoms with Crippen molar-refractivity contribution in [2.75, 3.05) is 5.32 Å². The van der Waals surface area contributed by atoms with Gasteiger partial charge in [-0.2, -0.15) is 8.42 Å². The first-order chi connectivity index (χ1) is 22.0. The second-order valence-electron chi connectivity index (χ2n) is 11.6. The van der Waals surface area contributed by atoms with Gasteiger partial charge in [0.05, 0.1) is 11.4 Å². The lowest BCUT2D eigenvalue weighted by molar-refractivity contribution is -0.169. The molecule has 0 saturated heterocycles. The monoisotopic (exact) mass is 643 g/mol. The number of benzene rings is 3. The maximum Gasteiger partial charge on any atom is 0.358 e. The topological polar surface area (TPSA) is 169 Å². The van der Waals surface area contributed by atoms with Crippen LogP contribution in [0.25, 0.3) is 10.9 Å². The van der Waals surface area contributed by atoms with Crippen LogP contribution in [0, 0.1) is 11.8 Å². The van der Waals surface area contributed by atoms with Crippen molar-refractivity contribution in [3.05, 3.63) is 114 Å². The van der Waals surface area contributed by atoms with Gasteiger partial charge in [0, 0.05) is 22.8 Å². The third-order valence-electron chi connectivity index (χ3n) is 8.35. The van der Waals surface area contributed by atoms with Gasteiger partial charge in [0.25, 0.3) is 10.1 Å². The first-order valence-electron chi connectivity index (χ1n) is 15.2. The van der Waals surface area contributed by atoms with E-state index in [9.17, 15) is 23.1 Å². The fourth-order valence-electron chi connectivity index (χ4n) is 6.15. The Morgan fingerprint density at radius 1 is 1.02 bits per heavy atom. The molecule has 2 unspecified atom stereocenters. The summed E-state index contributed by atoms with van der Waals surface area (Å²) >= 11 is 0. The number of nitrogens with zero attached hydrogens (tertiary/aromatic N) is 1. The van der Waals surface area contributed by atoms with Crippen LogP contribution in [0.1, 0.15) is 54.9 Å². The fourth-order valence-corrected chi connectivity index (χ4v) is 6.81. The summed E-state index contributed by atoms with van der Waals surface area (Å²) < 4.78 is 37.0. The Morgan fingerprint density at radius 3 is 2.41 bits per heavy atom. The molecule has 6 rings (SSSR count). The van der Waals surface area contributed by atoms with Crippen LogP contribution in [0.4, 0.5) is 5.69 Å². The lowest BCUT2D eigenvalue weighted by Crippen LogP contribution is -2.50. The van der Waals surface area contributed by atoms with Crippen LogP contribution in [0.3, 0.4) is 0 Å². The molecule has 46 heavy (non-hydrogen) atoms. The van der Waals surface area contributed by atoms with Crippen LogP contribution >= 0.6 is 0 Å². The molecule has 3 aromatic carbocycles. The first-order valence-corrected chi connectivity index (χ1v) is 16.6. The van der Waals surface area contributed by atoms with Gasteiger partial charge in [-0.15, -0.1) is 0 Å². The highest BCUT2D eigenvalue weighted by Gasteiger charge is 2.55. The van der Waals surface area contributed by atoms with Gasteiger partial charge in [0.1, 0.15) is 16.3 Å². The summed E-state index contributed by atoms with van der Waals surface area (Å²) in [6, 6.07) is 24.8. The SMILES string of the molecule is CCCC1(CCc2ccccc2)OC(=O)C(Nc2cccc(C(N)=O)c2)=C(O)C1C1CC1.O=S(=O)(O)c1cccc2cccnc12. The number of primary amides is 1. The Kier molecular flexibility index (Phi) is 9.74. The number of aliphatic hydroxyl groups is 1. The number of amides is 1. The molecule has 2 aliphatic rings. The molecule has 4 aromatic rings. The predicted molar refractivity (Wildman–Crippen MR) is 175 cm³/mol. The number of nitrogens with two attached hydrogens (primary N) is 1. The highest BCUT2D eigenvalue weighted by Crippen LogP contribution is 2.52. The molecule has 1 aromatic heterocycles. The third kappa shape index (κ3) is 7.38. The van der Waals surface area contributed by atoms with Crippen molar-refractivity contribution >= 4 is 38.6 Å². The van der Waals surface area contributed by atoms with E-state index in [1.54, 1.807) is 48.5 Å². The van der Waals surface area contributed by atoms with E-state index in [1.165, 1.54) is 17.8 Å². The number of hydrogen-bond donors (Lipinski definition) is 4. The van der Waals surface area contributed by atoms with E-state index < -0.39 is 27.6 Å². The van der Waals surface area contributed by atoms with Gasteiger partial charge in [-0.3, -0.25) is 14.3 Å². The number of para-hydroxylation sites is 1. The Hall–Kier alpha value is -4.74. The van der Waals surface area contributed by atoms with E-state index >= 15 is 0 Å². The number of aliphatic hydroxyl groups excluding tert-OH is 1. The normalized spacial score (nSPS) is 19.6. The van der Waals surface area contributed by atoms with Crippen LogP contribution in [-0.4, -0.2) is 40.5 Å². The van der Waals surface area contributed by atoms with Crippen molar-refractivity contribution in [2.45, 2.75) is 55.9 Å². The molecule has 1 fully saturated rings. The average Bonchev–Trinajstić information content (AvgIpc) is 3.87. The summed E-state index contributed by atoms with van der Waals surface area (Å²) in [7, 11) is -4.19. The van der Waals surface area contributed by atoms with E-state index in [0.717, 1.165) is 25.7 Å². The average molecular weight is 644 g/mol. The zero-order valence-corrected chi connectivity index (χ0v) is 26.2. The molecular formula is C35H37N3O7S. The van der Waals surface area contributed by atoms with Crippen LogP contribution in [0.5, 0.6) is 0 Å². The standard InChI is InChI=1S/C26H30N2O4.C9H7NO3S/c1-2-14-26(15-13-17-7-4-3-5-8-17)21(18-11-12-18)23(29)22(25(31)32-26)28-20-10-6-9-19(16-20)24(27)30;11-14(12,13)8-5-1-3-7-4-2-6-10-9(7)8/h3-10,16,18,21,28-29H,2,11-15H2,1H3,(H2,27,30);1-6H,(H,11,12,13). The van der Waals surface area contributed by atoms with Crippen LogP contribution in [0.15, 0.2) is 107 Å². The van der Waals surface area contributed by atoms with E-state index in [2.05, 4.69) is 29.4 Å². The van der Waals surface area contributed by atoms with E-state index in [4.69, 9.17) is 15.0 Å². The molecule has 240 valence electrons. The second-order valence-corrected chi connectivity index (χ2v) is 13.0. The highest BCUT2D eigenvalue weighted by molar-refractivity contribution is 7.86. The molecule has 2 atom stereocenters. The summed E-state index contributed by atoms with van der Waals surface area (Å²) in [6.45, 7) is 2.08. The number of esters is 1. The second kappa shape index (κ2) is 13.7. The van der Waals surface area contributed by atoms with Crippen molar-refractivity contribution in [1.29, 1.82) is 0 Å². The molecule has 1 aliphatic carbocycles. The Balaban J connectivity index is 0.000000247. The number of rotatable bonds is 10. The number of pyridine rings is 1. The van der Waals surface area contributed by atoms with Crippen molar-refractivity contribution in [3.8, 4) is 0 Å². The van der Waals surface area contributed by atoms with Gasteiger partial charge in [-0.05, 0) is 73.9 Å². The minimum atomic E-state index is -4.19. The Morgan fingerprint density at radius 2 is 1.74 bits per heavy atom. The number of aryl methyl sites for hydroxylation is 1. The summed E-state index contributed by atoms with van der Waals surface area (Å²) in [5, 5.41) is 15.0. The van der Waals surface area contributed by atoms with Crippen molar-refractivity contribution < 1.29 is 32.4 Å². The molecule has 1 saturated carbocycles. The number of fused-ring (bicyclic) bond motifs is 1. The van der Waals surface area contributed by atoms with Crippen molar-refractivity contribution in [3.63, 3.8) is 0 Å². The molecule has 2 heterocycles. The zero-order chi connectivity index (χ0) is 32.9. The summed E-state index contributed by atoms with van der Waals surface area (Å²) in [5.74, 6) is -1.01. The molecule has 5 N–H and O–H groups in total. The number of anilines is 1. The third-order valence-corrected chi connectivity index (χ3v) is 9.24. The van der Waals surface area contributed by atoms with Crippen molar-refractivity contribution in [1.82, 2.24) is 4.98 Å². The highest BCUT2D eigenvalue weighted by atomic mass is 32.2. The lowest BCUT2D eigenvalue weighted by Gasteiger charge is -2.44. The van der Waals surface area contributed by atoms with Crippen LogP contribution in [-0.2, 0) is 26.1 Å². The summed E-state index contributed by atoms with van der Waals surface area (Å²) in [5.41, 5.74) is 6.99. The van der Waals surface area contributed by atoms with E-state index in [-0.39, 0.29) is 27.8 Å².